The minimum absolute atomic E-state index is 0.490. The van der Waals surface area contributed by atoms with Crippen LogP contribution in [-0.4, -0.2) is 83.6 Å². The Bertz CT molecular complexity index is 1030. The van der Waals surface area contributed by atoms with Crippen LogP contribution in [-0.2, 0) is 35.4 Å². The fraction of sp³-hybridized carbons (Fsp3) is 1.00. The summed E-state index contributed by atoms with van der Waals surface area (Å²) in [7, 11) is -10.3. The van der Waals surface area contributed by atoms with E-state index in [9.17, 15) is 0 Å². The van der Waals surface area contributed by atoms with Crippen LogP contribution in [0.1, 0.15) is 96.3 Å². The monoisotopic (exact) mass is 710 g/mol. The Morgan fingerprint density at radius 3 is 1.15 bits per heavy atom. The molecule has 0 aromatic carbocycles. The number of fused-ring (bicyclic) bond motifs is 3. The lowest BCUT2D eigenvalue weighted by Crippen LogP contribution is -2.67. The number of hydrogen-bond donors (Lipinski definition) is 0. The fourth-order valence-corrected chi connectivity index (χ4v) is 33.8. The molecule has 12 heteroatoms. The molecule has 0 radical (unpaired) electrons. The zero-order chi connectivity index (χ0) is 31.6. The zero-order valence-electron chi connectivity index (χ0n) is 29.2. The lowest BCUT2D eigenvalue weighted by atomic mass is 9.88. The molecule has 8 aliphatic rings. The first-order valence-electron chi connectivity index (χ1n) is 19.4. The molecule has 0 spiro atoms. The summed E-state index contributed by atoms with van der Waals surface area (Å²) in [5.74, 6) is 2.18. The average molecular weight is 711 g/mol. The van der Waals surface area contributed by atoms with Crippen LogP contribution in [0.3, 0.4) is 0 Å². The number of epoxide rings is 4. The van der Waals surface area contributed by atoms with Crippen LogP contribution in [0.4, 0.5) is 0 Å². The first-order valence-corrected chi connectivity index (χ1v) is 29.5. The van der Waals surface area contributed by atoms with E-state index in [1.807, 2.05) is 0 Å². The van der Waals surface area contributed by atoms with Crippen molar-refractivity contribution in [2.24, 2.45) is 17.8 Å². The van der Waals surface area contributed by atoms with Gasteiger partial charge in [-0.3, -0.25) is 0 Å². The molecule has 3 aliphatic carbocycles. The zero-order valence-corrected chi connectivity index (χ0v) is 33.2. The molecular weight excluding hydrogens is 649 g/mol. The number of rotatable bonds is 14. The van der Waals surface area contributed by atoms with Crippen molar-refractivity contribution in [1.82, 2.24) is 0 Å². The van der Waals surface area contributed by atoms with Crippen molar-refractivity contribution in [3.05, 3.63) is 0 Å². The quantitative estimate of drug-likeness (QED) is 0.103. The van der Waals surface area contributed by atoms with Gasteiger partial charge in [0.25, 0.3) is 0 Å². The summed E-state index contributed by atoms with van der Waals surface area (Å²) in [6, 6.07) is 4.18. The van der Waals surface area contributed by atoms with Crippen LogP contribution in [0.5, 0.6) is 0 Å². The molecule has 46 heavy (non-hydrogen) atoms. The second-order valence-corrected chi connectivity index (χ2v) is 31.8. The summed E-state index contributed by atoms with van der Waals surface area (Å²) in [5.41, 5.74) is 0. The summed E-state index contributed by atoms with van der Waals surface area (Å²) >= 11 is 0. The minimum atomic E-state index is -2.58. The Hall–Kier alpha value is 0.548. The van der Waals surface area contributed by atoms with Crippen molar-refractivity contribution in [2.75, 3.05) is 6.61 Å². The molecule has 0 N–H and O–H groups in total. The molecule has 262 valence electrons. The van der Waals surface area contributed by atoms with Gasteiger partial charge in [0.2, 0.25) is 0 Å². The molecule has 8 nitrogen and oxygen atoms in total. The van der Waals surface area contributed by atoms with Gasteiger partial charge in [-0.05, 0) is 152 Å². The van der Waals surface area contributed by atoms with Crippen LogP contribution in [0.25, 0.3) is 0 Å². The van der Waals surface area contributed by atoms with Crippen LogP contribution >= 0.6 is 0 Å². The standard InChI is InChI=1S/C34H62O8Si4/c1-43(17-6-5-7-28-24-35-28)39-44(2,18-14-25-8-11-29-32(21-25)36-29)41-46(4,20-16-27-10-13-31-34(23-27)38-31)42-45(3,40-43)19-15-26-9-12-30-33(22-26)37-30/h25-34H,5-24H2,1-4H3. The minimum Gasteiger partial charge on any atom is -0.416 e. The molecule has 8 rings (SSSR count). The molecule has 5 saturated heterocycles. The van der Waals surface area contributed by atoms with E-state index in [4.69, 9.17) is 35.4 Å². The molecule has 0 aromatic rings. The van der Waals surface area contributed by atoms with Crippen molar-refractivity contribution < 1.29 is 35.4 Å². The molecule has 5 aliphatic heterocycles. The van der Waals surface area contributed by atoms with Gasteiger partial charge in [-0.2, -0.15) is 0 Å². The maximum Gasteiger partial charge on any atom is 0.317 e. The van der Waals surface area contributed by atoms with Crippen LogP contribution < -0.4 is 0 Å². The molecule has 5 heterocycles. The summed E-state index contributed by atoms with van der Waals surface area (Å²) in [5, 5.41) is 0. The van der Waals surface area contributed by atoms with Crippen molar-refractivity contribution in [2.45, 2.75) is 189 Å². The molecule has 0 bridgehead atoms. The number of unbranched alkanes of at least 4 members (excludes halogenated alkanes) is 1. The maximum atomic E-state index is 7.60. The number of hydrogen-bond acceptors (Lipinski definition) is 8. The van der Waals surface area contributed by atoms with E-state index >= 15 is 0 Å². The van der Waals surface area contributed by atoms with Crippen LogP contribution in [0, 0.1) is 17.8 Å². The molecule has 12 atom stereocenters. The predicted octanol–water partition coefficient (Wildman–Crippen LogP) is 7.80. The normalized spacial score (nSPS) is 52.4. The van der Waals surface area contributed by atoms with E-state index in [2.05, 4.69) is 26.2 Å². The van der Waals surface area contributed by atoms with Gasteiger partial charge in [-0.1, -0.05) is 12.8 Å². The molecular formula is C34H62O8Si4. The van der Waals surface area contributed by atoms with Crippen LogP contribution in [0.15, 0.2) is 0 Å². The van der Waals surface area contributed by atoms with E-state index in [1.165, 1.54) is 83.5 Å². The third-order valence-electron chi connectivity index (χ3n) is 12.9. The molecule has 3 saturated carbocycles. The van der Waals surface area contributed by atoms with Gasteiger partial charge >= 0.3 is 34.2 Å². The topological polar surface area (TPSA) is 87.0 Å². The Balaban J connectivity index is 0.994. The van der Waals surface area contributed by atoms with Gasteiger partial charge < -0.3 is 35.4 Å². The van der Waals surface area contributed by atoms with Crippen molar-refractivity contribution in [3.63, 3.8) is 0 Å². The molecule has 0 aromatic heterocycles. The van der Waals surface area contributed by atoms with E-state index in [0.29, 0.717) is 42.7 Å². The maximum absolute atomic E-state index is 7.60. The first-order chi connectivity index (χ1) is 22.0. The first kappa shape index (κ1) is 33.7. The Kier molecular flexibility index (Phi) is 9.71. The summed E-state index contributed by atoms with van der Waals surface area (Å²) in [6.45, 7) is 10.5. The highest BCUT2D eigenvalue weighted by molar-refractivity contribution is 6.93. The summed E-state index contributed by atoms with van der Waals surface area (Å²) in [4.78, 5) is 0. The SMILES string of the molecule is C[Si]1(CCCCC2CO2)O[Si](C)(CCC2CCC3OC3C2)O[Si](C)(CCC2CCC3OC3C2)O[Si](C)(CCC2CCC3OC3C2)O1. The van der Waals surface area contributed by atoms with E-state index in [0.717, 1.165) is 61.4 Å². The van der Waals surface area contributed by atoms with Gasteiger partial charge in [0, 0.05) is 0 Å². The largest absolute Gasteiger partial charge is 0.416 e. The lowest BCUT2D eigenvalue weighted by molar-refractivity contribution is 0.213. The van der Waals surface area contributed by atoms with Gasteiger partial charge in [-0.15, -0.1) is 0 Å². The van der Waals surface area contributed by atoms with Crippen molar-refractivity contribution in [3.8, 4) is 0 Å². The van der Waals surface area contributed by atoms with Gasteiger partial charge in [0.1, 0.15) is 0 Å². The average Bonchev–Trinajstić information content (AvgIpc) is 3.81. The van der Waals surface area contributed by atoms with E-state index in [1.54, 1.807) is 0 Å². The molecule has 12 unspecified atom stereocenters. The van der Waals surface area contributed by atoms with Gasteiger partial charge in [-0.25, -0.2) is 0 Å². The third-order valence-corrected chi connectivity index (χ3v) is 31.6. The van der Waals surface area contributed by atoms with Crippen molar-refractivity contribution in [1.29, 1.82) is 0 Å². The second kappa shape index (κ2) is 13.3. The van der Waals surface area contributed by atoms with Gasteiger partial charge in [0.05, 0.1) is 49.3 Å². The Morgan fingerprint density at radius 2 is 0.804 bits per heavy atom. The smallest absolute Gasteiger partial charge is 0.317 e. The summed E-state index contributed by atoms with van der Waals surface area (Å²) in [6.07, 6.45) is 22.0. The second-order valence-electron chi connectivity index (χ2n) is 17.4. The highest BCUT2D eigenvalue weighted by Crippen LogP contribution is 2.47. The summed E-state index contributed by atoms with van der Waals surface area (Å²) < 4.78 is 53.6. The third kappa shape index (κ3) is 8.70. The highest BCUT2D eigenvalue weighted by atomic mass is 28.5. The predicted molar refractivity (Wildman–Crippen MR) is 185 cm³/mol. The van der Waals surface area contributed by atoms with Gasteiger partial charge in [0.15, 0.2) is 0 Å². The Morgan fingerprint density at radius 1 is 0.435 bits per heavy atom. The number of ether oxygens (including phenoxy) is 4. The molecule has 8 fully saturated rings. The molecule has 0 amide bonds. The van der Waals surface area contributed by atoms with Crippen LogP contribution in [0.2, 0.25) is 50.4 Å². The van der Waals surface area contributed by atoms with E-state index < -0.39 is 34.2 Å². The fourth-order valence-electron chi connectivity index (χ4n) is 10.0. The Labute approximate surface area is 282 Å². The highest BCUT2D eigenvalue weighted by Gasteiger charge is 2.57. The van der Waals surface area contributed by atoms with Crippen molar-refractivity contribution >= 4 is 34.2 Å². The van der Waals surface area contributed by atoms with E-state index in [-0.39, 0.29) is 0 Å². The lowest BCUT2D eigenvalue weighted by Gasteiger charge is -2.51.